The van der Waals surface area contributed by atoms with E-state index in [1.807, 2.05) is 24.3 Å². The number of carbonyl (C=O) groups is 1. The molecule has 1 aliphatic heterocycles. The third-order valence-corrected chi connectivity index (χ3v) is 4.79. The first-order valence-electron chi connectivity index (χ1n) is 9.12. The minimum Gasteiger partial charge on any atom is -0.492 e. The van der Waals surface area contributed by atoms with Crippen LogP contribution in [0.5, 0.6) is 5.75 Å². The van der Waals surface area contributed by atoms with Gasteiger partial charge in [0.25, 0.3) is 5.91 Å². The molecule has 2 rings (SSSR count). The molecule has 2 atom stereocenters. The largest absolute Gasteiger partial charge is 0.492 e. The van der Waals surface area contributed by atoms with Gasteiger partial charge in [0.2, 0.25) is 0 Å². The number of piperidine rings is 1. The Balaban J connectivity index is 1.78. The molecule has 0 unspecified atom stereocenters. The second-order valence-electron chi connectivity index (χ2n) is 7.75. The Bertz CT molecular complexity index is 547. The van der Waals surface area contributed by atoms with Crippen molar-refractivity contribution in [3.63, 3.8) is 0 Å². The van der Waals surface area contributed by atoms with E-state index in [0.29, 0.717) is 6.61 Å². The number of hydrogen-bond acceptors (Lipinski definition) is 4. The van der Waals surface area contributed by atoms with E-state index >= 15 is 0 Å². The number of methoxy groups -OCH3 is 1. The fourth-order valence-corrected chi connectivity index (χ4v) is 3.28. The van der Waals surface area contributed by atoms with Gasteiger partial charge in [0.05, 0.1) is 0 Å². The smallest absolute Gasteiger partial charge is 0.256 e. The average Bonchev–Trinajstić information content (AvgIpc) is 2.55. The minimum atomic E-state index is -0.849. The van der Waals surface area contributed by atoms with E-state index in [-0.39, 0.29) is 5.91 Å². The average molecular weight is 348 g/mol. The molecule has 1 N–H and O–H groups in total. The SMILES string of the molecule is COC(C)(C)C(=O)Nc1ccc(OCCN2C[C@H](C)C[C@@H](C)C2)cc1. The van der Waals surface area contributed by atoms with Gasteiger partial charge in [-0.15, -0.1) is 0 Å². The summed E-state index contributed by atoms with van der Waals surface area (Å²) in [5.41, 5.74) is -0.112. The van der Waals surface area contributed by atoms with Crippen LogP contribution in [0.2, 0.25) is 0 Å². The van der Waals surface area contributed by atoms with Crippen LogP contribution in [-0.2, 0) is 9.53 Å². The number of hydrogen-bond donors (Lipinski definition) is 1. The van der Waals surface area contributed by atoms with Gasteiger partial charge in [-0.05, 0) is 56.4 Å². The molecule has 1 aliphatic rings. The maximum atomic E-state index is 12.1. The van der Waals surface area contributed by atoms with Crippen molar-refractivity contribution in [3.8, 4) is 5.75 Å². The van der Waals surface area contributed by atoms with E-state index in [1.54, 1.807) is 13.8 Å². The number of benzene rings is 1. The summed E-state index contributed by atoms with van der Waals surface area (Å²) < 4.78 is 11.0. The molecule has 1 heterocycles. The molecular weight excluding hydrogens is 316 g/mol. The van der Waals surface area contributed by atoms with Crippen molar-refractivity contribution in [3.05, 3.63) is 24.3 Å². The summed E-state index contributed by atoms with van der Waals surface area (Å²) in [5.74, 6) is 2.19. The normalized spacial score (nSPS) is 21.8. The Kier molecular flexibility index (Phi) is 6.85. The predicted molar refractivity (Wildman–Crippen MR) is 101 cm³/mol. The van der Waals surface area contributed by atoms with Crippen LogP contribution in [0.15, 0.2) is 24.3 Å². The number of anilines is 1. The van der Waals surface area contributed by atoms with Crippen molar-refractivity contribution < 1.29 is 14.3 Å². The van der Waals surface area contributed by atoms with Gasteiger partial charge in [0.1, 0.15) is 18.0 Å². The number of nitrogens with zero attached hydrogens (tertiary/aromatic N) is 1. The lowest BCUT2D eigenvalue weighted by Gasteiger charge is -2.34. The molecule has 1 aromatic carbocycles. The van der Waals surface area contributed by atoms with Gasteiger partial charge in [0, 0.05) is 32.4 Å². The molecule has 0 spiro atoms. The van der Waals surface area contributed by atoms with Crippen molar-refractivity contribution in [2.75, 3.05) is 38.7 Å². The third kappa shape index (κ3) is 6.01. The van der Waals surface area contributed by atoms with E-state index in [0.717, 1.165) is 42.9 Å². The van der Waals surface area contributed by atoms with Crippen molar-refractivity contribution >= 4 is 11.6 Å². The molecule has 0 bridgehead atoms. The lowest BCUT2D eigenvalue weighted by Crippen LogP contribution is -2.40. The summed E-state index contributed by atoms with van der Waals surface area (Å²) in [7, 11) is 1.53. The maximum absolute atomic E-state index is 12.1. The number of rotatable bonds is 7. The number of ether oxygens (including phenoxy) is 2. The van der Waals surface area contributed by atoms with Crippen LogP contribution in [0.1, 0.15) is 34.1 Å². The van der Waals surface area contributed by atoms with Crippen LogP contribution in [-0.4, -0.2) is 49.8 Å². The van der Waals surface area contributed by atoms with Crippen molar-refractivity contribution in [2.45, 2.75) is 39.7 Å². The Hall–Kier alpha value is -1.59. The number of nitrogens with one attached hydrogen (secondary N) is 1. The maximum Gasteiger partial charge on any atom is 0.256 e. The topological polar surface area (TPSA) is 50.8 Å². The number of likely N-dealkylation sites (tertiary alicyclic amines) is 1. The van der Waals surface area contributed by atoms with Gasteiger partial charge in [-0.1, -0.05) is 13.8 Å². The molecule has 1 fully saturated rings. The van der Waals surface area contributed by atoms with Gasteiger partial charge in [-0.2, -0.15) is 0 Å². The lowest BCUT2D eigenvalue weighted by atomic mass is 9.92. The quantitative estimate of drug-likeness (QED) is 0.820. The van der Waals surface area contributed by atoms with Crippen molar-refractivity contribution in [1.29, 1.82) is 0 Å². The first kappa shape index (κ1) is 19.7. The summed E-state index contributed by atoms with van der Waals surface area (Å²) in [5, 5.41) is 2.85. The lowest BCUT2D eigenvalue weighted by molar-refractivity contribution is -0.133. The second kappa shape index (κ2) is 8.68. The first-order chi connectivity index (χ1) is 11.8. The fraction of sp³-hybridized carbons (Fsp3) is 0.650. The van der Waals surface area contributed by atoms with Crippen LogP contribution >= 0.6 is 0 Å². The van der Waals surface area contributed by atoms with E-state index < -0.39 is 5.60 Å². The summed E-state index contributed by atoms with van der Waals surface area (Å²) >= 11 is 0. The highest BCUT2D eigenvalue weighted by atomic mass is 16.5. The van der Waals surface area contributed by atoms with Gasteiger partial charge in [0.15, 0.2) is 0 Å². The monoisotopic (exact) mass is 348 g/mol. The molecule has 5 nitrogen and oxygen atoms in total. The predicted octanol–water partition coefficient (Wildman–Crippen LogP) is 3.41. The van der Waals surface area contributed by atoms with Crippen LogP contribution in [0.25, 0.3) is 0 Å². The molecular formula is C20H32N2O3. The zero-order valence-corrected chi connectivity index (χ0v) is 16.2. The Morgan fingerprint density at radius 2 is 1.80 bits per heavy atom. The van der Waals surface area contributed by atoms with Crippen LogP contribution in [0.4, 0.5) is 5.69 Å². The summed E-state index contributed by atoms with van der Waals surface area (Å²) in [6.45, 7) is 12.1. The van der Waals surface area contributed by atoms with Crippen LogP contribution in [0.3, 0.4) is 0 Å². The standard InChI is InChI=1S/C20H32N2O3/c1-15-12-16(2)14-22(13-15)10-11-25-18-8-6-17(7-9-18)21-19(23)20(3,4)24-5/h6-9,15-16H,10-14H2,1-5H3,(H,21,23)/t15-,16-/m1/s1. The minimum absolute atomic E-state index is 0.169. The first-order valence-corrected chi connectivity index (χ1v) is 9.12. The van der Waals surface area contributed by atoms with E-state index in [4.69, 9.17) is 9.47 Å². The van der Waals surface area contributed by atoms with Gasteiger partial charge in [-0.3, -0.25) is 9.69 Å². The zero-order valence-electron chi connectivity index (χ0n) is 16.2. The van der Waals surface area contributed by atoms with Gasteiger partial charge < -0.3 is 14.8 Å². The molecule has 0 aliphatic carbocycles. The molecule has 25 heavy (non-hydrogen) atoms. The Morgan fingerprint density at radius 1 is 1.20 bits per heavy atom. The molecule has 0 saturated carbocycles. The molecule has 140 valence electrons. The molecule has 0 aromatic heterocycles. The van der Waals surface area contributed by atoms with E-state index in [1.165, 1.54) is 13.5 Å². The van der Waals surface area contributed by atoms with Crippen LogP contribution in [0, 0.1) is 11.8 Å². The highest BCUT2D eigenvalue weighted by molar-refractivity contribution is 5.96. The van der Waals surface area contributed by atoms with Gasteiger partial charge in [-0.25, -0.2) is 0 Å². The zero-order chi connectivity index (χ0) is 18.4. The second-order valence-corrected chi connectivity index (χ2v) is 7.75. The van der Waals surface area contributed by atoms with E-state index in [9.17, 15) is 4.79 Å². The highest BCUT2D eigenvalue weighted by Crippen LogP contribution is 2.21. The molecule has 1 saturated heterocycles. The third-order valence-electron chi connectivity index (χ3n) is 4.79. The number of amides is 1. The fourth-order valence-electron chi connectivity index (χ4n) is 3.28. The molecule has 0 radical (unpaired) electrons. The summed E-state index contributed by atoms with van der Waals surface area (Å²) in [6.07, 6.45) is 1.32. The Morgan fingerprint density at radius 3 is 2.36 bits per heavy atom. The molecule has 1 amide bonds. The molecule has 1 aromatic rings. The van der Waals surface area contributed by atoms with Gasteiger partial charge >= 0.3 is 0 Å². The van der Waals surface area contributed by atoms with E-state index in [2.05, 4.69) is 24.1 Å². The Labute approximate surface area is 151 Å². The molecule has 5 heteroatoms. The van der Waals surface area contributed by atoms with Crippen molar-refractivity contribution in [1.82, 2.24) is 4.90 Å². The van der Waals surface area contributed by atoms with Crippen molar-refractivity contribution in [2.24, 2.45) is 11.8 Å². The number of carbonyl (C=O) groups excluding carboxylic acids is 1. The summed E-state index contributed by atoms with van der Waals surface area (Å²) in [6, 6.07) is 7.47. The van der Waals surface area contributed by atoms with Crippen LogP contribution < -0.4 is 10.1 Å². The summed E-state index contributed by atoms with van der Waals surface area (Å²) in [4.78, 5) is 14.6. The highest BCUT2D eigenvalue weighted by Gasteiger charge is 2.26.